The van der Waals surface area contributed by atoms with Crippen LogP contribution in [-0.2, 0) is 19.4 Å². The van der Waals surface area contributed by atoms with Crippen LogP contribution < -0.4 is 0 Å². The molecule has 1 N–H and O–H groups in total. The van der Waals surface area contributed by atoms with Gasteiger partial charge in [-0.05, 0) is 70.3 Å². The van der Waals surface area contributed by atoms with Gasteiger partial charge in [0.1, 0.15) is 5.69 Å². The molecule has 0 aliphatic heterocycles. The van der Waals surface area contributed by atoms with Crippen molar-refractivity contribution in [3.8, 4) is 0 Å². The van der Waals surface area contributed by atoms with E-state index in [0.717, 1.165) is 28.5 Å². The van der Waals surface area contributed by atoms with Gasteiger partial charge in [-0.25, -0.2) is 4.79 Å². The largest absolute Gasteiger partial charge is 0.477 e. The molecule has 3 nitrogen and oxygen atoms in total. The number of hydrogen-bond donors (Lipinski definition) is 1. The Labute approximate surface area is 205 Å². The van der Waals surface area contributed by atoms with E-state index in [1.165, 1.54) is 9.13 Å². The zero-order valence-corrected chi connectivity index (χ0v) is 21.5. The van der Waals surface area contributed by atoms with Crippen molar-refractivity contribution in [3.05, 3.63) is 105 Å². The highest BCUT2D eigenvalue weighted by atomic mass is 127. The van der Waals surface area contributed by atoms with E-state index >= 15 is 0 Å². The maximum Gasteiger partial charge on any atom is 0.352 e. The van der Waals surface area contributed by atoms with Gasteiger partial charge < -0.3 is 9.67 Å². The van der Waals surface area contributed by atoms with Gasteiger partial charge in [-0.2, -0.15) is 0 Å². The summed E-state index contributed by atoms with van der Waals surface area (Å²) >= 11 is 2.29. The van der Waals surface area contributed by atoms with Crippen LogP contribution in [0, 0.1) is 3.57 Å². The number of nitrogens with zero attached hydrogens (tertiary/aromatic N) is 1. The van der Waals surface area contributed by atoms with Crippen LogP contribution in [0.1, 0.15) is 54.9 Å². The Hall–Kier alpha value is -2.60. The maximum absolute atomic E-state index is 12.2. The SMILES string of the molecule is CC.CC.O=C(O)c1c(CCc2ccc(I)cc2)c2ccccc2n1Cc1ccccc1. The van der Waals surface area contributed by atoms with Crippen LogP contribution in [0.2, 0.25) is 0 Å². The molecule has 168 valence electrons. The number of hydrogen-bond acceptors (Lipinski definition) is 1. The van der Waals surface area contributed by atoms with Crippen LogP contribution in [-0.4, -0.2) is 15.6 Å². The molecule has 0 saturated heterocycles. The quantitative estimate of drug-likeness (QED) is 0.253. The van der Waals surface area contributed by atoms with Crippen molar-refractivity contribution >= 4 is 39.5 Å². The Morgan fingerprint density at radius 3 is 2.00 bits per heavy atom. The summed E-state index contributed by atoms with van der Waals surface area (Å²) in [6, 6.07) is 26.4. The van der Waals surface area contributed by atoms with Gasteiger partial charge in [-0.3, -0.25) is 0 Å². The predicted molar refractivity (Wildman–Crippen MR) is 144 cm³/mol. The van der Waals surface area contributed by atoms with Gasteiger partial charge in [0.25, 0.3) is 0 Å². The Morgan fingerprint density at radius 2 is 1.38 bits per heavy atom. The first-order valence-electron chi connectivity index (χ1n) is 11.3. The number of halogens is 1. The first-order chi connectivity index (χ1) is 15.6. The summed E-state index contributed by atoms with van der Waals surface area (Å²) in [5, 5.41) is 11.1. The summed E-state index contributed by atoms with van der Waals surface area (Å²) in [6.07, 6.45) is 1.51. The van der Waals surface area contributed by atoms with Gasteiger partial charge in [-0.1, -0.05) is 88.4 Å². The highest BCUT2D eigenvalue weighted by molar-refractivity contribution is 14.1. The number of aromatic carboxylic acids is 1. The number of carboxylic acids is 1. The van der Waals surface area contributed by atoms with Crippen molar-refractivity contribution in [2.75, 3.05) is 0 Å². The van der Waals surface area contributed by atoms with Crippen molar-refractivity contribution in [1.29, 1.82) is 0 Å². The number of para-hydroxylation sites is 1. The van der Waals surface area contributed by atoms with Crippen molar-refractivity contribution in [1.82, 2.24) is 4.57 Å². The Morgan fingerprint density at radius 1 is 0.781 bits per heavy atom. The van der Waals surface area contributed by atoms with Crippen LogP contribution in [0.15, 0.2) is 78.9 Å². The molecule has 4 rings (SSSR count). The van der Waals surface area contributed by atoms with E-state index in [0.29, 0.717) is 18.7 Å². The molecular weight excluding hydrogens is 509 g/mol. The number of carbonyl (C=O) groups is 1. The van der Waals surface area contributed by atoms with Crippen LogP contribution >= 0.6 is 22.6 Å². The van der Waals surface area contributed by atoms with Gasteiger partial charge >= 0.3 is 5.97 Å². The van der Waals surface area contributed by atoms with Crippen molar-refractivity contribution in [2.45, 2.75) is 47.1 Å². The first-order valence-corrected chi connectivity index (χ1v) is 12.3. The number of fused-ring (bicyclic) bond motifs is 1. The summed E-state index contributed by atoms with van der Waals surface area (Å²) in [5.41, 5.74) is 4.60. The van der Waals surface area contributed by atoms with Crippen molar-refractivity contribution in [3.63, 3.8) is 0 Å². The van der Waals surface area contributed by atoms with Crippen LogP contribution in [0.25, 0.3) is 10.9 Å². The summed E-state index contributed by atoms with van der Waals surface area (Å²) in [4.78, 5) is 12.2. The van der Waals surface area contributed by atoms with Crippen LogP contribution in [0.4, 0.5) is 0 Å². The lowest BCUT2D eigenvalue weighted by Crippen LogP contribution is -2.12. The molecule has 4 aromatic rings. The molecule has 0 bridgehead atoms. The minimum Gasteiger partial charge on any atom is -0.477 e. The van der Waals surface area contributed by atoms with Gasteiger partial charge in [0.15, 0.2) is 0 Å². The number of benzene rings is 3. The molecule has 1 heterocycles. The lowest BCUT2D eigenvalue weighted by molar-refractivity contribution is 0.0685. The molecule has 0 aliphatic rings. The summed E-state index contributed by atoms with van der Waals surface area (Å²) < 4.78 is 3.14. The van der Waals surface area contributed by atoms with E-state index in [-0.39, 0.29) is 0 Å². The van der Waals surface area contributed by atoms with Crippen LogP contribution in [0.3, 0.4) is 0 Å². The van der Waals surface area contributed by atoms with Gasteiger partial charge in [0.05, 0.1) is 0 Å². The second-order valence-corrected chi connectivity index (χ2v) is 8.09. The topological polar surface area (TPSA) is 42.2 Å². The fraction of sp³-hybridized carbons (Fsp3) is 0.250. The Balaban J connectivity index is 0.000000860. The second-order valence-electron chi connectivity index (χ2n) is 6.85. The Kier molecular flexibility index (Phi) is 10.5. The van der Waals surface area contributed by atoms with E-state index in [4.69, 9.17) is 0 Å². The molecule has 0 fully saturated rings. The van der Waals surface area contributed by atoms with Crippen molar-refractivity contribution in [2.24, 2.45) is 0 Å². The van der Waals surface area contributed by atoms with E-state index < -0.39 is 5.97 Å². The summed E-state index contributed by atoms with van der Waals surface area (Å²) in [6.45, 7) is 8.55. The third kappa shape index (κ3) is 6.22. The monoisotopic (exact) mass is 541 g/mol. The highest BCUT2D eigenvalue weighted by Gasteiger charge is 2.22. The predicted octanol–water partition coefficient (Wildman–Crippen LogP) is 7.83. The molecule has 1 aromatic heterocycles. The van der Waals surface area contributed by atoms with Gasteiger partial charge in [0, 0.05) is 21.0 Å². The van der Waals surface area contributed by atoms with Gasteiger partial charge in [0.2, 0.25) is 0 Å². The Bertz CT molecular complexity index is 1120. The average molecular weight is 541 g/mol. The fourth-order valence-electron chi connectivity index (χ4n) is 3.72. The zero-order chi connectivity index (χ0) is 23.5. The lowest BCUT2D eigenvalue weighted by Gasteiger charge is -2.09. The molecule has 0 radical (unpaired) electrons. The minimum absolute atomic E-state index is 0.399. The van der Waals surface area contributed by atoms with Gasteiger partial charge in [-0.15, -0.1) is 0 Å². The molecular formula is C28H32INO2. The van der Waals surface area contributed by atoms with E-state index in [1.807, 2.05) is 86.9 Å². The first kappa shape index (κ1) is 25.7. The smallest absolute Gasteiger partial charge is 0.352 e. The van der Waals surface area contributed by atoms with E-state index in [2.05, 4.69) is 46.9 Å². The fourth-order valence-corrected chi connectivity index (χ4v) is 4.08. The molecule has 32 heavy (non-hydrogen) atoms. The highest BCUT2D eigenvalue weighted by Crippen LogP contribution is 2.29. The summed E-state index contributed by atoms with van der Waals surface area (Å²) in [5.74, 6) is -0.871. The number of aryl methyl sites for hydroxylation is 2. The lowest BCUT2D eigenvalue weighted by atomic mass is 10.0. The normalized spacial score (nSPS) is 10.0. The molecule has 4 heteroatoms. The standard InChI is InChI=1S/C24H20INO2.2C2H6/c25-19-13-10-17(11-14-19)12-15-21-20-8-4-5-9-22(20)26(23(21)24(27)28)16-18-6-2-1-3-7-18;2*1-2/h1-11,13-14H,12,15-16H2,(H,27,28);2*1-2H3. The van der Waals surface area contributed by atoms with E-state index in [9.17, 15) is 9.90 Å². The molecule has 0 saturated carbocycles. The molecule has 0 aliphatic carbocycles. The third-order valence-electron chi connectivity index (χ3n) is 5.04. The number of carboxylic acid groups (broad SMARTS) is 1. The number of aromatic nitrogens is 1. The minimum atomic E-state index is -0.871. The van der Waals surface area contributed by atoms with E-state index in [1.54, 1.807) is 0 Å². The third-order valence-corrected chi connectivity index (χ3v) is 5.76. The molecule has 0 unspecified atom stereocenters. The maximum atomic E-state index is 12.2. The molecule has 0 spiro atoms. The van der Waals surface area contributed by atoms with Crippen molar-refractivity contribution < 1.29 is 9.90 Å². The second kappa shape index (κ2) is 13.1. The number of rotatable bonds is 6. The molecule has 0 amide bonds. The summed E-state index contributed by atoms with van der Waals surface area (Å²) in [7, 11) is 0. The molecule has 0 atom stereocenters. The van der Waals surface area contributed by atoms with Crippen LogP contribution in [0.5, 0.6) is 0 Å². The average Bonchev–Trinajstić information content (AvgIpc) is 3.15. The zero-order valence-electron chi connectivity index (χ0n) is 19.3. The molecule has 3 aromatic carbocycles.